The Morgan fingerprint density at radius 3 is 2.31 bits per heavy atom. The Morgan fingerprint density at radius 2 is 1.69 bits per heavy atom. The molecule has 2 heterocycles. The van der Waals surface area contributed by atoms with Crippen LogP contribution in [0.25, 0.3) is 33.7 Å². The molecule has 0 fully saturated rings. The summed E-state index contributed by atoms with van der Waals surface area (Å²) < 4.78 is 16.1. The van der Waals surface area contributed by atoms with E-state index in [0.717, 1.165) is 0 Å². The van der Waals surface area contributed by atoms with Crippen molar-refractivity contribution in [1.82, 2.24) is 19.9 Å². The second-order valence-electron chi connectivity index (χ2n) is 7.78. The van der Waals surface area contributed by atoms with Crippen LogP contribution in [0.1, 0.15) is 10.4 Å². The molecule has 0 radical (unpaired) electrons. The third-order valence-electron chi connectivity index (χ3n) is 5.40. The molecular formula is C25H23ClN4O5. The zero-order chi connectivity index (χ0) is 25.3. The van der Waals surface area contributed by atoms with E-state index in [1.165, 1.54) is 26.2 Å². The van der Waals surface area contributed by atoms with Crippen LogP contribution in [0.5, 0.6) is 17.2 Å². The Labute approximate surface area is 206 Å². The number of aromatic amines is 1. The van der Waals surface area contributed by atoms with Gasteiger partial charge >= 0.3 is 0 Å². The highest BCUT2D eigenvalue weighted by Gasteiger charge is 2.18. The van der Waals surface area contributed by atoms with E-state index in [-0.39, 0.29) is 17.3 Å². The fourth-order valence-electron chi connectivity index (χ4n) is 3.65. The first kappa shape index (κ1) is 24.0. The predicted molar refractivity (Wildman–Crippen MR) is 134 cm³/mol. The molecule has 1 amide bonds. The number of hydrogen-bond donors (Lipinski definition) is 1. The first-order chi connectivity index (χ1) is 16.8. The Balaban J connectivity index is 1.87. The van der Waals surface area contributed by atoms with Gasteiger partial charge < -0.3 is 24.1 Å². The van der Waals surface area contributed by atoms with Crippen LogP contribution in [-0.4, -0.2) is 61.2 Å². The highest BCUT2D eigenvalue weighted by Crippen LogP contribution is 2.36. The molecule has 0 aliphatic heterocycles. The third kappa shape index (κ3) is 4.50. The molecular weight excluding hydrogens is 472 g/mol. The molecule has 0 bridgehead atoms. The Kier molecular flexibility index (Phi) is 6.61. The number of nitrogens with zero attached hydrogens (tertiary/aromatic N) is 3. The lowest BCUT2D eigenvalue weighted by Crippen LogP contribution is -2.21. The maximum Gasteiger partial charge on any atom is 0.262 e. The van der Waals surface area contributed by atoms with E-state index in [9.17, 15) is 9.59 Å². The SMILES string of the molecule is COc1cc(OC)c2c(=O)[nH]c(-c3ccc(OC)c(-c4ccc(C(=O)N(C)C)cc4Cl)n3)nc2c1. The van der Waals surface area contributed by atoms with Gasteiger partial charge in [0.05, 0.1) is 31.9 Å². The Bertz CT molecular complexity index is 1500. The number of fused-ring (bicyclic) bond motifs is 1. The molecule has 0 saturated carbocycles. The van der Waals surface area contributed by atoms with E-state index in [2.05, 4.69) is 15.0 Å². The van der Waals surface area contributed by atoms with Gasteiger partial charge in [0.1, 0.15) is 34.0 Å². The molecule has 0 aliphatic rings. The van der Waals surface area contributed by atoms with Crippen molar-refractivity contribution < 1.29 is 19.0 Å². The second kappa shape index (κ2) is 9.63. The quantitative estimate of drug-likeness (QED) is 0.431. The number of H-pyrrole nitrogens is 1. The molecule has 0 unspecified atom stereocenters. The van der Waals surface area contributed by atoms with Gasteiger partial charge in [-0.1, -0.05) is 17.7 Å². The molecule has 1 N–H and O–H groups in total. The minimum absolute atomic E-state index is 0.170. The van der Waals surface area contributed by atoms with Gasteiger partial charge in [-0.05, 0) is 24.3 Å². The monoisotopic (exact) mass is 494 g/mol. The number of carbonyl (C=O) groups is 1. The van der Waals surface area contributed by atoms with Crippen molar-refractivity contribution in [3.63, 3.8) is 0 Å². The summed E-state index contributed by atoms with van der Waals surface area (Å²) in [5, 5.41) is 0.630. The number of ether oxygens (including phenoxy) is 3. The number of rotatable bonds is 6. The van der Waals surface area contributed by atoms with E-state index < -0.39 is 0 Å². The van der Waals surface area contributed by atoms with Crippen molar-refractivity contribution in [2.45, 2.75) is 0 Å². The summed E-state index contributed by atoms with van der Waals surface area (Å²) >= 11 is 6.54. The molecule has 2 aromatic carbocycles. The number of hydrogen-bond acceptors (Lipinski definition) is 7. The van der Waals surface area contributed by atoms with Crippen LogP contribution in [0.15, 0.2) is 47.3 Å². The molecule has 0 atom stereocenters. The Hall–Kier alpha value is -4.11. The summed E-state index contributed by atoms with van der Waals surface area (Å²) in [5.41, 5.74) is 1.85. The van der Waals surface area contributed by atoms with Crippen molar-refractivity contribution >= 4 is 28.4 Å². The third-order valence-corrected chi connectivity index (χ3v) is 5.71. The average Bonchev–Trinajstić information content (AvgIpc) is 2.86. The Morgan fingerprint density at radius 1 is 0.943 bits per heavy atom. The number of amides is 1. The van der Waals surface area contributed by atoms with Gasteiger partial charge in [0.25, 0.3) is 11.5 Å². The minimum atomic E-state index is -0.381. The summed E-state index contributed by atoms with van der Waals surface area (Å²) in [6.07, 6.45) is 0. The van der Waals surface area contributed by atoms with Gasteiger partial charge in [-0.15, -0.1) is 0 Å². The van der Waals surface area contributed by atoms with Gasteiger partial charge in [0, 0.05) is 37.4 Å². The van der Waals surface area contributed by atoms with Crippen molar-refractivity contribution in [1.29, 1.82) is 0 Å². The van der Waals surface area contributed by atoms with E-state index in [4.69, 9.17) is 25.8 Å². The lowest BCUT2D eigenvalue weighted by Gasteiger charge is -2.14. The largest absolute Gasteiger partial charge is 0.497 e. The second-order valence-corrected chi connectivity index (χ2v) is 8.19. The number of methoxy groups -OCH3 is 3. The lowest BCUT2D eigenvalue weighted by atomic mass is 10.1. The van der Waals surface area contributed by atoms with Gasteiger partial charge in [0.15, 0.2) is 5.82 Å². The van der Waals surface area contributed by atoms with Crippen molar-refractivity contribution in [3.8, 4) is 40.0 Å². The summed E-state index contributed by atoms with van der Waals surface area (Å²) in [4.78, 5) is 38.7. The van der Waals surface area contributed by atoms with E-state index in [0.29, 0.717) is 55.7 Å². The lowest BCUT2D eigenvalue weighted by molar-refractivity contribution is 0.0827. The van der Waals surface area contributed by atoms with Crippen LogP contribution in [0.4, 0.5) is 0 Å². The number of carbonyl (C=O) groups excluding carboxylic acids is 1. The maximum atomic E-state index is 12.9. The van der Waals surface area contributed by atoms with Gasteiger partial charge in [-0.3, -0.25) is 9.59 Å². The summed E-state index contributed by atoms with van der Waals surface area (Å²) in [5.74, 6) is 1.39. The fourth-order valence-corrected chi connectivity index (χ4v) is 3.92. The number of pyridine rings is 1. The standard InChI is InChI=1S/C25H23ClN4O5/c1-30(2)25(32)13-6-7-15(16(26)10-13)22-19(34-4)9-8-17(27-22)23-28-18-11-14(33-3)12-20(35-5)21(18)24(31)29-23/h6-12H,1-5H3,(H,28,29,31). The number of benzene rings is 2. The smallest absolute Gasteiger partial charge is 0.262 e. The van der Waals surface area contributed by atoms with E-state index in [1.54, 1.807) is 56.6 Å². The number of aromatic nitrogens is 3. The van der Waals surface area contributed by atoms with Gasteiger partial charge in [-0.2, -0.15) is 0 Å². The first-order valence-electron chi connectivity index (χ1n) is 10.5. The number of nitrogens with one attached hydrogen (secondary N) is 1. The van der Waals surface area contributed by atoms with Crippen LogP contribution in [0.3, 0.4) is 0 Å². The topological polar surface area (TPSA) is 107 Å². The zero-order valence-electron chi connectivity index (χ0n) is 19.8. The van der Waals surface area contributed by atoms with Gasteiger partial charge in [-0.25, -0.2) is 9.97 Å². The molecule has 35 heavy (non-hydrogen) atoms. The van der Waals surface area contributed by atoms with Crippen LogP contribution < -0.4 is 19.8 Å². The highest BCUT2D eigenvalue weighted by molar-refractivity contribution is 6.33. The van der Waals surface area contributed by atoms with E-state index in [1.807, 2.05) is 0 Å². The molecule has 4 aromatic rings. The van der Waals surface area contributed by atoms with Gasteiger partial charge in [0.2, 0.25) is 0 Å². The summed E-state index contributed by atoms with van der Waals surface area (Å²) in [6.45, 7) is 0. The average molecular weight is 495 g/mol. The molecule has 9 nitrogen and oxygen atoms in total. The molecule has 2 aromatic heterocycles. The zero-order valence-corrected chi connectivity index (χ0v) is 20.6. The highest BCUT2D eigenvalue weighted by atomic mass is 35.5. The molecule has 4 rings (SSSR count). The minimum Gasteiger partial charge on any atom is -0.497 e. The van der Waals surface area contributed by atoms with Crippen molar-refractivity contribution in [2.75, 3.05) is 35.4 Å². The van der Waals surface area contributed by atoms with Crippen molar-refractivity contribution in [3.05, 3.63) is 63.4 Å². The number of halogens is 1. The molecule has 10 heteroatoms. The summed E-state index contributed by atoms with van der Waals surface area (Å²) in [6, 6.07) is 11.6. The predicted octanol–water partition coefficient (Wildman–Crippen LogP) is 4.03. The maximum absolute atomic E-state index is 12.9. The van der Waals surface area contributed by atoms with E-state index >= 15 is 0 Å². The summed E-state index contributed by atoms with van der Waals surface area (Å²) in [7, 11) is 7.85. The first-order valence-corrected chi connectivity index (χ1v) is 10.9. The van der Waals surface area contributed by atoms with Crippen LogP contribution >= 0.6 is 11.6 Å². The van der Waals surface area contributed by atoms with Crippen LogP contribution in [0, 0.1) is 0 Å². The normalized spacial score (nSPS) is 10.8. The van der Waals surface area contributed by atoms with Crippen molar-refractivity contribution in [2.24, 2.45) is 0 Å². The molecule has 0 saturated heterocycles. The van der Waals surface area contributed by atoms with Crippen LogP contribution in [0.2, 0.25) is 5.02 Å². The molecule has 180 valence electrons. The fraction of sp³-hybridized carbons (Fsp3) is 0.200. The molecule has 0 spiro atoms. The molecule has 0 aliphatic carbocycles. The van der Waals surface area contributed by atoms with Crippen LogP contribution in [-0.2, 0) is 0 Å².